The number of amides is 2. The van der Waals surface area contributed by atoms with Crippen molar-refractivity contribution in [2.24, 2.45) is 5.92 Å². The molecule has 1 saturated carbocycles. The minimum Gasteiger partial charge on any atom is -0.391 e. The highest BCUT2D eigenvalue weighted by Crippen LogP contribution is 2.32. The number of aryl methyl sites for hydroxylation is 1. The van der Waals surface area contributed by atoms with E-state index in [4.69, 9.17) is 0 Å². The van der Waals surface area contributed by atoms with Gasteiger partial charge in [0.2, 0.25) is 0 Å². The summed E-state index contributed by atoms with van der Waals surface area (Å²) in [6.45, 7) is 1.06. The molecule has 1 fully saturated rings. The fourth-order valence-electron chi connectivity index (χ4n) is 2.94. The molecule has 1 aromatic carbocycles. The Labute approximate surface area is 136 Å². The third-order valence-corrected chi connectivity index (χ3v) is 4.55. The van der Waals surface area contributed by atoms with Crippen LogP contribution in [0.1, 0.15) is 24.8 Å². The minimum absolute atomic E-state index is 0.108. The number of urea groups is 1. The highest BCUT2D eigenvalue weighted by atomic mass is 16.3. The van der Waals surface area contributed by atoms with Crippen molar-refractivity contribution in [3.63, 3.8) is 0 Å². The van der Waals surface area contributed by atoms with E-state index >= 15 is 0 Å². The number of likely N-dealkylation sites (N-methyl/N-ethyl adjacent to an activating group) is 1. The van der Waals surface area contributed by atoms with Crippen molar-refractivity contribution in [1.29, 1.82) is 0 Å². The average molecular weight is 315 g/mol. The van der Waals surface area contributed by atoms with E-state index in [1.54, 1.807) is 11.9 Å². The molecule has 2 amide bonds. The van der Waals surface area contributed by atoms with Gasteiger partial charge in [-0.15, -0.1) is 0 Å². The van der Waals surface area contributed by atoms with Gasteiger partial charge in [0, 0.05) is 37.2 Å². The Hall–Kier alpha value is -2.01. The summed E-state index contributed by atoms with van der Waals surface area (Å²) >= 11 is 0. The summed E-state index contributed by atoms with van der Waals surface area (Å²) in [5.41, 5.74) is 2.44. The highest BCUT2D eigenvalue weighted by molar-refractivity contribution is 5.83. The molecule has 1 atom stereocenters. The first-order valence-electron chi connectivity index (χ1n) is 8.37. The number of hydrogen-bond acceptors (Lipinski definition) is 2. The third-order valence-electron chi connectivity index (χ3n) is 4.55. The highest BCUT2D eigenvalue weighted by Gasteiger charge is 2.31. The first-order valence-corrected chi connectivity index (χ1v) is 8.37. The van der Waals surface area contributed by atoms with Crippen LogP contribution in [0, 0.1) is 5.92 Å². The van der Waals surface area contributed by atoms with Crippen LogP contribution < -0.4 is 5.32 Å². The molecule has 124 valence electrons. The Morgan fingerprint density at radius 3 is 3.00 bits per heavy atom. The number of aliphatic hydroxyl groups excluding tert-OH is 1. The number of aliphatic hydroxyl groups is 1. The quantitative estimate of drug-likeness (QED) is 0.687. The molecule has 1 heterocycles. The summed E-state index contributed by atoms with van der Waals surface area (Å²) in [5.74, 6) is 0.395. The smallest absolute Gasteiger partial charge is 0.317 e. The molecule has 1 aliphatic carbocycles. The lowest BCUT2D eigenvalue weighted by molar-refractivity contribution is 0.113. The van der Waals surface area contributed by atoms with Crippen LogP contribution in [0.15, 0.2) is 30.5 Å². The summed E-state index contributed by atoms with van der Waals surface area (Å²) in [6.07, 6.45) is 5.66. The molecule has 0 saturated heterocycles. The van der Waals surface area contributed by atoms with Crippen LogP contribution in [-0.4, -0.2) is 47.3 Å². The molecular weight excluding hydrogens is 290 g/mol. The summed E-state index contributed by atoms with van der Waals surface area (Å²) in [4.78, 5) is 16.8. The second kappa shape index (κ2) is 7.04. The largest absolute Gasteiger partial charge is 0.391 e. The van der Waals surface area contributed by atoms with Gasteiger partial charge in [-0.05, 0) is 43.2 Å². The van der Waals surface area contributed by atoms with Crippen molar-refractivity contribution in [3.8, 4) is 0 Å². The minimum atomic E-state index is -0.378. The zero-order chi connectivity index (χ0) is 16.2. The zero-order valence-corrected chi connectivity index (χ0v) is 13.6. The van der Waals surface area contributed by atoms with Crippen LogP contribution in [-0.2, 0) is 6.42 Å². The van der Waals surface area contributed by atoms with E-state index < -0.39 is 0 Å². The van der Waals surface area contributed by atoms with Gasteiger partial charge in [-0.25, -0.2) is 4.79 Å². The molecule has 0 radical (unpaired) electrons. The van der Waals surface area contributed by atoms with Crippen LogP contribution in [0.25, 0.3) is 10.9 Å². The Kier molecular flexibility index (Phi) is 4.86. The van der Waals surface area contributed by atoms with Crippen LogP contribution in [0.2, 0.25) is 0 Å². The molecule has 1 aliphatic rings. The lowest BCUT2D eigenvalue weighted by Crippen LogP contribution is -2.42. The first kappa shape index (κ1) is 15.9. The number of rotatable bonds is 7. The van der Waals surface area contributed by atoms with E-state index in [-0.39, 0.29) is 12.1 Å². The Bertz CT molecular complexity index is 663. The van der Waals surface area contributed by atoms with Crippen molar-refractivity contribution >= 4 is 16.9 Å². The number of nitrogens with zero attached hydrogens (tertiary/aromatic N) is 1. The second-order valence-corrected chi connectivity index (χ2v) is 6.48. The van der Waals surface area contributed by atoms with Gasteiger partial charge in [0.25, 0.3) is 0 Å². The number of para-hydroxylation sites is 1. The summed E-state index contributed by atoms with van der Waals surface area (Å²) in [7, 11) is 1.74. The number of nitrogens with one attached hydrogen (secondary N) is 2. The van der Waals surface area contributed by atoms with Gasteiger partial charge in [0.1, 0.15) is 0 Å². The standard InChI is InChI=1S/C18H25N3O2/c1-21(12-17(22)13-8-9-13)18(23)19-10-4-5-14-11-20-16-7-3-2-6-15(14)16/h2-3,6-7,11,13,17,20,22H,4-5,8-10,12H2,1H3,(H,19,23). The predicted octanol–water partition coefficient (Wildman–Crippen LogP) is 2.51. The van der Waals surface area contributed by atoms with Crippen molar-refractivity contribution in [2.75, 3.05) is 20.1 Å². The monoisotopic (exact) mass is 315 g/mol. The number of carbonyl (C=O) groups is 1. The van der Waals surface area contributed by atoms with E-state index in [9.17, 15) is 9.90 Å². The van der Waals surface area contributed by atoms with E-state index in [1.807, 2.05) is 18.3 Å². The third kappa shape index (κ3) is 4.05. The molecule has 1 aromatic heterocycles. The second-order valence-electron chi connectivity index (χ2n) is 6.48. The maximum atomic E-state index is 12.0. The fraction of sp³-hybridized carbons (Fsp3) is 0.500. The van der Waals surface area contributed by atoms with Crippen LogP contribution in [0.3, 0.4) is 0 Å². The molecule has 0 bridgehead atoms. The van der Waals surface area contributed by atoms with Crippen molar-refractivity contribution in [3.05, 3.63) is 36.0 Å². The molecule has 0 spiro atoms. The number of H-pyrrole nitrogens is 1. The lowest BCUT2D eigenvalue weighted by atomic mass is 10.1. The van der Waals surface area contributed by atoms with Gasteiger partial charge in [-0.2, -0.15) is 0 Å². The molecule has 3 rings (SSSR count). The van der Waals surface area contributed by atoms with Gasteiger partial charge < -0.3 is 20.3 Å². The van der Waals surface area contributed by atoms with E-state index in [0.717, 1.165) is 31.2 Å². The van der Waals surface area contributed by atoms with Crippen molar-refractivity contribution < 1.29 is 9.90 Å². The SMILES string of the molecule is CN(CC(O)C1CC1)C(=O)NCCCc1c[nH]c2ccccc12. The predicted molar refractivity (Wildman–Crippen MR) is 91.4 cm³/mol. The normalized spacial score (nSPS) is 15.6. The number of fused-ring (bicyclic) bond motifs is 1. The fourth-order valence-corrected chi connectivity index (χ4v) is 2.94. The molecule has 3 N–H and O–H groups in total. The van der Waals surface area contributed by atoms with E-state index in [1.165, 1.54) is 10.9 Å². The molecular formula is C18H25N3O2. The maximum Gasteiger partial charge on any atom is 0.317 e. The molecule has 23 heavy (non-hydrogen) atoms. The van der Waals surface area contributed by atoms with E-state index in [2.05, 4.69) is 22.4 Å². The Balaban J connectivity index is 1.39. The van der Waals surface area contributed by atoms with Crippen molar-refractivity contribution in [1.82, 2.24) is 15.2 Å². The number of aromatic nitrogens is 1. The molecule has 0 aliphatic heterocycles. The number of aromatic amines is 1. The maximum absolute atomic E-state index is 12.0. The lowest BCUT2D eigenvalue weighted by Gasteiger charge is -2.21. The van der Waals surface area contributed by atoms with Crippen LogP contribution >= 0.6 is 0 Å². The molecule has 2 aromatic rings. The Morgan fingerprint density at radius 1 is 1.43 bits per heavy atom. The van der Waals surface area contributed by atoms with Gasteiger partial charge >= 0.3 is 6.03 Å². The number of hydrogen-bond donors (Lipinski definition) is 3. The van der Waals surface area contributed by atoms with Crippen LogP contribution in [0.5, 0.6) is 0 Å². The van der Waals surface area contributed by atoms with Gasteiger partial charge in [0.15, 0.2) is 0 Å². The Morgan fingerprint density at radius 2 is 2.22 bits per heavy atom. The molecule has 5 nitrogen and oxygen atoms in total. The van der Waals surface area contributed by atoms with Gasteiger partial charge in [-0.3, -0.25) is 0 Å². The van der Waals surface area contributed by atoms with Gasteiger partial charge in [0.05, 0.1) is 6.10 Å². The summed E-state index contributed by atoms with van der Waals surface area (Å²) in [6, 6.07) is 8.15. The molecule has 1 unspecified atom stereocenters. The summed E-state index contributed by atoms with van der Waals surface area (Å²) < 4.78 is 0. The number of benzene rings is 1. The number of carbonyl (C=O) groups excluding carboxylic acids is 1. The average Bonchev–Trinajstić information content (AvgIpc) is 3.33. The van der Waals surface area contributed by atoms with E-state index in [0.29, 0.717) is 19.0 Å². The topological polar surface area (TPSA) is 68.4 Å². The summed E-state index contributed by atoms with van der Waals surface area (Å²) in [5, 5.41) is 14.1. The zero-order valence-electron chi connectivity index (χ0n) is 13.6. The van der Waals surface area contributed by atoms with Crippen LogP contribution in [0.4, 0.5) is 4.79 Å². The molecule has 5 heteroatoms. The van der Waals surface area contributed by atoms with Crippen molar-refractivity contribution in [2.45, 2.75) is 31.8 Å². The van der Waals surface area contributed by atoms with Gasteiger partial charge in [-0.1, -0.05) is 18.2 Å². The first-order chi connectivity index (χ1) is 11.1.